The molecule has 1 aromatic carbocycles. The van der Waals surface area contributed by atoms with Crippen molar-refractivity contribution in [3.05, 3.63) is 54.1 Å². The number of carbonyl (C=O) groups is 5. The fourth-order valence-electron chi connectivity index (χ4n) is 7.24. The Bertz CT molecular complexity index is 1470. The number of carbonyl (C=O) groups excluding carboxylic acids is 5. The van der Waals surface area contributed by atoms with Gasteiger partial charge in [0, 0.05) is 12.8 Å². The van der Waals surface area contributed by atoms with Crippen LogP contribution in [0, 0.1) is 0 Å². The van der Waals surface area contributed by atoms with Gasteiger partial charge in [-0.15, -0.1) is 0 Å². The highest BCUT2D eigenvalue weighted by molar-refractivity contribution is 5.89. The van der Waals surface area contributed by atoms with E-state index >= 15 is 0 Å². The van der Waals surface area contributed by atoms with E-state index in [0.29, 0.717) is 18.4 Å². The van der Waals surface area contributed by atoms with Gasteiger partial charge in [-0.3, -0.25) is 19.2 Å². The van der Waals surface area contributed by atoms with Gasteiger partial charge in [-0.2, -0.15) is 0 Å². The molecule has 0 aliphatic heterocycles. The van der Waals surface area contributed by atoms with E-state index in [1.165, 1.54) is 108 Å². The van der Waals surface area contributed by atoms with Crippen molar-refractivity contribution in [2.75, 3.05) is 52.9 Å². The molecule has 1 rings (SSSR count). The maximum absolute atomic E-state index is 12.8. The number of ether oxygens (including phenoxy) is 7. The Morgan fingerprint density at radius 2 is 0.783 bits per heavy atom. The molecular formula is C56H92O13. The van der Waals surface area contributed by atoms with Gasteiger partial charge in [0.25, 0.3) is 0 Å². The van der Waals surface area contributed by atoms with E-state index in [1.54, 1.807) is 0 Å². The Balaban J connectivity index is 2.32. The molecule has 0 amide bonds. The molecule has 0 aromatic heterocycles. The van der Waals surface area contributed by atoms with Gasteiger partial charge in [-0.1, -0.05) is 141 Å². The monoisotopic (exact) mass is 973 g/mol. The second-order valence-electron chi connectivity index (χ2n) is 17.8. The smallest absolute Gasteiger partial charge is 0.338 e. The van der Waals surface area contributed by atoms with Crippen molar-refractivity contribution < 1.29 is 62.2 Å². The minimum atomic E-state index is -0.962. The van der Waals surface area contributed by atoms with E-state index in [1.807, 2.05) is 0 Å². The van der Waals surface area contributed by atoms with Gasteiger partial charge in [0.2, 0.25) is 0 Å². The Hall–Kier alpha value is -4.23. The van der Waals surface area contributed by atoms with Crippen molar-refractivity contribution >= 4 is 29.8 Å². The standard InChI is InChI=1S/C56H92O13/c1-3-5-7-9-11-13-15-17-19-21-23-25-27-29-31-33-52(58)67-47-51(69-55(61)34-32-30-28-26-24-22-20-18-16-14-12-10-8-6-4-2)48-68-54(60)40-39-53(59)65-45-43-63-41-42-64-44-46-66-56(62)49-35-37-50(57)38-36-49/h17-20,35-38,51,57H,3-16,21-34,39-48H2,1-2H3/b19-17-,20-18-/t51-/m1/s1. The van der Waals surface area contributed by atoms with Crippen molar-refractivity contribution in [3.8, 4) is 5.75 Å². The van der Waals surface area contributed by atoms with Crippen LogP contribution in [0.4, 0.5) is 0 Å². The third-order valence-electron chi connectivity index (χ3n) is 11.4. The highest BCUT2D eigenvalue weighted by Crippen LogP contribution is 2.14. The number of rotatable bonds is 48. The number of aromatic hydroxyl groups is 1. The molecule has 13 nitrogen and oxygen atoms in total. The summed E-state index contributed by atoms with van der Waals surface area (Å²) in [6.07, 6.45) is 38.4. The van der Waals surface area contributed by atoms with Crippen LogP contribution in [0.15, 0.2) is 48.6 Å². The number of allylic oxidation sites excluding steroid dienone is 4. The van der Waals surface area contributed by atoms with Gasteiger partial charge in [0.05, 0.1) is 44.8 Å². The van der Waals surface area contributed by atoms with Crippen LogP contribution < -0.4 is 0 Å². The molecule has 394 valence electrons. The predicted octanol–water partition coefficient (Wildman–Crippen LogP) is 13.0. The van der Waals surface area contributed by atoms with Crippen LogP contribution >= 0.6 is 0 Å². The first-order valence-electron chi connectivity index (χ1n) is 26.8. The second-order valence-corrected chi connectivity index (χ2v) is 17.8. The summed E-state index contributed by atoms with van der Waals surface area (Å²) < 4.78 is 37.4. The predicted molar refractivity (Wildman–Crippen MR) is 271 cm³/mol. The van der Waals surface area contributed by atoms with E-state index in [-0.39, 0.29) is 90.3 Å². The molecule has 0 bridgehead atoms. The van der Waals surface area contributed by atoms with Gasteiger partial charge < -0.3 is 38.3 Å². The minimum Gasteiger partial charge on any atom is -0.508 e. The van der Waals surface area contributed by atoms with Crippen LogP contribution in [0.3, 0.4) is 0 Å². The Morgan fingerprint density at radius 3 is 1.25 bits per heavy atom. The highest BCUT2D eigenvalue weighted by Gasteiger charge is 2.20. The molecule has 1 aromatic rings. The molecule has 69 heavy (non-hydrogen) atoms. The Morgan fingerprint density at radius 1 is 0.420 bits per heavy atom. The number of phenolic OH excluding ortho intramolecular Hbond substituents is 1. The molecule has 1 atom stereocenters. The molecule has 0 saturated heterocycles. The lowest BCUT2D eigenvalue weighted by Gasteiger charge is -2.18. The average molecular weight is 973 g/mol. The lowest BCUT2D eigenvalue weighted by molar-refractivity contribution is -0.167. The fraction of sp³-hybridized carbons (Fsp3) is 0.732. The van der Waals surface area contributed by atoms with E-state index in [2.05, 4.69) is 38.2 Å². The Kier molecular flexibility index (Phi) is 43.2. The number of unbranched alkanes of at least 4 members (excludes halogenated alkanes) is 22. The lowest BCUT2D eigenvalue weighted by atomic mass is 10.1. The number of esters is 5. The zero-order valence-electron chi connectivity index (χ0n) is 42.9. The van der Waals surface area contributed by atoms with Crippen molar-refractivity contribution in [1.82, 2.24) is 0 Å². The molecule has 13 heteroatoms. The van der Waals surface area contributed by atoms with Crippen molar-refractivity contribution in [1.29, 1.82) is 0 Å². The maximum atomic E-state index is 12.8. The fourth-order valence-corrected chi connectivity index (χ4v) is 7.24. The first kappa shape index (κ1) is 62.8. The minimum absolute atomic E-state index is 0.0186. The zero-order chi connectivity index (χ0) is 50.1. The summed E-state index contributed by atoms with van der Waals surface area (Å²) in [4.78, 5) is 62.1. The van der Waals surface area contributed by atoms with Crippen LogP contribution in [-0.4, -0.2) is 93.9 Å². The number of hydrogen-bond acceptors (Lipinski definition) is 13. The lowest BCUT2D eigenvalue weighted by Crippen LogP contribution is -2.31. The second kappa shape index (κ2) is 47.4. The van der Waals surface area contributed by atoms with Gasteiger partial charge in [-0.05, 0) is 88.5 Å². The quantitative estimate of drug-likeness (QED) is 0.0283. The van der Waals surface area contributed by atoms with Crippen molar-refractivity contribution in [2.45, 2.75) is 213 Å². The van der Waals surface area contributed by atoms with Crippen LogP contribution in [-0.2, 0) is 52.3 Å². The van der Waals surface area contributed by atoms with Gasteiger partial charge >= 0.3 is 29.8 Å². The van der Waals surface area contributed by atoms with Crippen LogP contribution in [0.25, 0.3) is 0 Å². The molecule has 0 aliphatic carbocycles. The SMILES string of the molecule is CCCCCCCC/C=C\CCCCCCCC(=O)OC[C@H](COC(=O)CCC(=O)OCCOCCOCCOC(=O)c1ccc(O)cc1)OC(=O)CCCCCCC/C=C\CCCCCCCC. The molecule has 0 spiro atoms. The van der Waals surface area contributed by atoms with Crippen LogP contribution in [0.1, 0.15) is 217 Å². The summed E-state index contributed by atoms with van der Waals surface area (Å²) in [7, 11) is 0. The largest absolute Gasteiger partial charge is 0.508 e. The molecule has 0 unspecified atom stereocenters. The summed E-state index contributed by atoms with van der Waals surface area (Å²) in [5.41, 5.74) is 0.321. The van der Waals surface area contributed by atoms with E-state index in [9.17, 15) is 29.1 Å². The summed E-state index contributed by atoms with van der Waals surface area (Å²) >= 11 is 0. The topological polar surface area (TPSA) is 170 Å². The normalized spacial score (nSPS) is 11.8. The van der Waals surface area contributed by atoms with Gasteiger partial charge in [0.15, 0.2) is 6.10 Å². The average Bonchev–Trinajstić information content (AvgIpc) is 3.34. The van der Waals surface area contributed by atoms with Gasteiger partial charge in [0.1, 0.15) is 32.2 Å². The van der Waals surface area contributed by atoms with E-state index in [0.717, 1.165) is 70.6 Å². The number of hydrogen-bond donors (Lipinski definition) is 1. The van der Waals surface area contributed by atoms with Crippen LogP contribution in [0.5, 0.6) is 5.75 Å². The maximum Gasteiger partial charge on any atom is 0.338 e. The third-order valence-corrected chi connectivity index (χ3v) is 11.4. The zero-order valence-corrected chi connectivity index (χ0v) is 42.9. The van der Waals surface area contributed by atoms with Crippen LogP contribution in [0.2, 0.25) is 0 Å². The molecule has 1 N–H and O–H groups in total. The van der Waals surface area contributed by atoms with Crippen molar-refractivity contribution in [3.63, 3.8) is 0 Å². The number of phenols is 1. The first-order valence-corrected chi connectivity index (χ1v) is 26.8. The molecule has 0 aliphatic rings. The number of benzene rings is 1. The Labute approximate surface area is 416 Å². The van der Waals surface area contributed by atoms with Gasteiger partial charge in [-0.25, -0.2) is 4.79 Å². The molecule has 0 fully saturated rings. The summed E-state index contributed by atoms with van der Waals surface area (Å²) in [5.74, 6) is -2.57. The molecule has 0 heterocycles. The highest BCUT2D eigenvalue weighted by atomic mass is 16.6. The molecule has 0 saturated carbocycles. The first-order chi connectivity index (χ1) is 33.7. The van der Waals surface area contributed by atoms with E-state index in [4.69, 9.17) is 33.2 Å². The summed E-state index contributed by atoms with van der Waals surface area (Å²) in [6, 6.07) is 5.73. The molecule has 0 radical (unpaired) electrons. The van der Waals surface area contributed by atoms with Crippen molar-refractivity contribution in [2.24, 2.45) is 0 Å². The summed E-state index contributed by atoms with van der Waals surface area (Å²) in [6.45, 7) is 4.75. The summed E-state index contributed by atoms with van der Waals surface area (Å²) in [5, 5.41) is 9.32. The van der Waals surface area contributed by atoms with E-state index < -0.39 is 30.0 Å². The molecular weight excluding hydrogens is 881 g/mol. The third kappa shape index (κ3) is 42.4.